The van der Waals surface area contributed by atoms with Crippen molar-refractivity contribution in [2.75, 3.05) is 13.1 Å². The summed E-state index contributed by atoms with van der Waals surface area (Å²) >= 11 is 0. The average molecular weight is 432 g/mol. The molecule has 1 saturated heterocycles. The second kappa shape index (κ2) is 7.78. The van der Waals surface area contributed by atoms with E-state index in [-0.39, 0.29) is 30.3 Å². The maximum Gasteiger partial charge on any atom is 0.274 e. The van der Waals surface area contributed by atoms with Gasteiger partial charge in [0.05, 0.1) is 29.6 Å². The summed E-state index contributed by atoms with van der Waals surface area (Å²) in [6.45, 7) is 3.12. The van der Waals surface area contributed by atoms with E-state index in [1.807, 2.05) is 31.2 Å². The Morgan fingerprint density at radius 3 is 2.69 bits per heavy atom. The zero-order valence-electron chi connectivity index (χ0n) is 17.8. The number of fused-ring (bicyclic) bond motifs is 2. The van der Waals surface area contributed by atoms with Crippen LogP contribution in [0.2, 0.25) is 0 Å². The number of nitrogens with zero attached hydrogens (tertiary/aromatic N) is 3. The van der Waals surface area contributed by atoms with Crippen molar-refractivity contribution in [3.8, 4) is 5.75 Å². The minimum atomic E-state index is -0.933. The van der Waals surface area contributed by atoms with Crippen molar-refractivity contribution in [3.05, 3.63) is 70.1 Å². The van der Waals surface area contributed by atoms with E-state index in [0.717, 1.165) is 0 Å². The molecule has 1 aromatic heterocycles. The van der Waals surface area contributed by atoms with E-state index in [4.69, 9.17) is 4.74 Å². The van der Waals surface area contributed by atoms with Gasteiger partial charge in [0.1, 0.15) is 5.75 Å². The molecule has 0 radical (unpaired) electrons. The van der Waals surface area contributed by atoms with Crippen molar-refractivity contribution < 1.29 is 14.3 Å². The lowest BCUT2D eigenvalue weighted by Crippen LogP contribution is -2.65. The van der Waals surface area contributed by atoms with E-state index >= 15 is 0 Å². The van der Waals surface area contributed by atoms with Crippen LogP contribution < -0.4 is 15.6 Å². The van der Waals surface area contributed by atoms with Gasteiger partial charge in [-0.3, -0.25) is 14.4 Å². The van der Waals surface area contributed by atoms with E-state index in [1.54, 1.807) is 29.2 Å². The highest BCUT2D eigenvalue weighted by molar-refractivity contribution is 5.98. The zero-order chi connectivity index (χ0) is 22.3. The van der Waals surface area contributed by atoms with Gasteiger partial charge in [0.15, 0.2) is 0 Å². The lowest BCUT2D eigenvalue weighted by molar-refractivity contribution is -0.137. The Hall–Kier alpha value is -3.68. The zero-order valence-corrected chi connectivity index (χ0v) is 17.8. The van der Waals surface area contributed by atoms with Crippen molar-refractivity contribution in [2.45, 2.75) is 38.5 Å². The lowest BCUT2D eigenvalue weighted by atomic mass is 9.97. The van der Waals surface area contributed by atoms with Crippen LogP contribution in [0.3, 0.4) is 0 Å². The van der Waals surface area contributed by atoms with Gasteiger partial charge in [-0.25, -0.2) is 4.68 Å². The maximum atomic E-state index is 13.3. The summed E-state index contributed by atoms with van der Waals surface area (Å²) in [6, 6.07) is 14.4. The normalized spacial score (nSPS) is 20.0. The van der Waals surface area contributed by atoms with Gasteiger partial charge in [-0.2, -0.15) is 5.10 Å². The molecule has 2 aliphatic heterocycles. The van der Waals surface area contributed by atoms with Gasteiger partial charge in [0.2, 0.25) is 11.6 Å². The summed E-state index contributed by atoms with van der Waals surface area (Å²) in [5.41, 5.74) is -0.0188. The van der Waals surface area contributed by atoms with Gasteiger partial charge in [-0.05, 0) is 31.5 Å². The molecule has 0 aliphatic carbocycles. The number of aromatic nitrogens is 2. The van der Waals surface area contributed by atoms with E-state index in [9.17, 15) is 14.4 Å². The van der Waals surface area contributed by atoms with Crippen molar-refractivity contribution in [2.24, 2.45) is 0 Å². The number of amides is 2. The molecule has 1 spiro atoms. The molecular weight excluding hydrogens is 408 g/mol. The van der Waals surface area contributed by atoms with Gasteiger partial charge < -0.3 is 15.0 Å². The van der Waals surface area contributed by atoms with Crippen LogP contribution in [-0.4, -0.2) is 45.3 Å². The number of aryl methyl sites for hydroxylation is 1. The van der Waals surface area contributed by atoms with Gasteiger partial charge in [0, 0.05) is 24.9 Å². The largest absolute Gasteiger partial charge is 0.465 e. The molecule has 32 heavy (non-hydrogen) atoms. The van der Waals surface area contributed by atoms with Crippen LogP contribution in [0, 0.1) is 0 Å². The van der Waals surface area contributed by atoms with Crippen LogP contribution in [0.15, 0.2) is 53.3 Å². The first-order chi connectivity index (χ1) is 15.5. The number of carbonyl (C=O) groups is 2. The molecule has 3 aromatic rings. The average Bonchev–Trinajstić information content (AvgIpc) is 2.81. The highest BCUT2D eigenvalue weighted by Gasteiger charge is 2.44. The molecule has 1 unspecified atom stereocenters. The van der Waals surface area contributed by atoms with Crippen LogP contribution >= 0.6 is 0 Å². The summed E-state index contributed by atoms with van der Waals surface area (Å²) in [5.74, 6) is 0.233. The molecule has 1 atom stereocenters. The number of carbonyl (C=O) groups excluding carboxylic acids is 2. The highest BCUT2D eigenvalue weighted by Crippen LogP contribution is 2.32. The third kappa shape index (κ3) is 3.41. The molecule has 3 heterocycles. The molecule has 2 amide bonds. The standard InChI is InChI=1S/C24H24N4O4/c1-2-28-23(31)17-9-4-3-8-16(17)19(26-28)14-21(29)27-13-7-12-24(15-27)25-22(30)18-10-5-6-11-20(18)32-24/h3-6,8-11H,2,7,12-15H2,1H3,(H,25,30). The number of hydrogen-bond donors (Lipinski definition) is 1. The predicted octanol–water partition coefficient (Wildman–Crippen LogP) is 2.10. The van der Waals surface area contributed by atoms with E-state index in [1.165, 1.54) is 4.68 Å². The molecule has 2 aliphatic rings. The second-order valence-electron chi connectivity index (χ2n) is 8.26. The molecule has 8 nitrogen and oxygen atoms in total. The first-order valence-electron chi connectivity index (χ1n) is 10.9. The predicted molar refractivity (Wildman–Crippen MR) is 118 cm³/mol. The molecule has 0 bridgehead atoms. The van der Waals surface area contributed by atoms with Crippen molar-refractivity contribution in [1.82, 2.24) is 20.0 Å². The molecule has 2 aromatic carbocycles. The summed E-state index contributed by atoms with van der Waals surface area (Å²) in [6.07, 6.45) is 1.40. The third-order valence-electron chi connectivity index (χ3n) is 6.15. The number of nitrogens with one attached hydrogen (secondary N) is 1. The number of benzene rings is 2. The third-order valence-corrected chi connectivity index (χ3v) is 6.15. The van der Waals surface area contributed by atoms with Gasteiger partial charge in [-0.15, -0.1) is 0 Å². The van der Waals surface area contributed by atoms with Crippen LogP contribution in [0.5, 0.6) is 5.75 Å². The molecule has 1 fully saturated rings. The monoisotopic (exact) mass is 432 g/mol. The molecular formula is C24H24N4O4. The number of rotatable bonds is 3. The van der Waals surface area contributed by atoms with Crippen molar-refractivity contribution >= 4 is 22.6 Å². The fraction of sp³-hybridized carbons (Fsp3) is 0.333. The van der Waals surface area contributed by atoms with E-state index < -0.39 is 5.72 Å². The Balaban J connectivity index is 1.41. The second-order valence-corrected chi connectivity index (χ2v) is 8.26. The van der Waals surface area contributed by atoms with E-state index in [0.29, 0.717) is 53.7 Å². The van der Waals surface area contributed by atoms with Gasteiger partial charge in [-0.1, -0.05) is 30.3 Å². The smallest absolute Gasteiger partial charge is 0.274 e. The SMILES string of the molecule is CCn1nc(CC(=O)N2CCCC3(C2)NC(=O)c2ccccc2O3)c2ccccc2c1=O. The number of hydrogen-bond acceptors (Lipinski definition) is 5. The Morgan fingerprint density at radius 2 is 1.88 bits per heavy atom. The Morgan fingerprint density at radius 1 is 1.12 bits per heavy atom. The van der Waals surface area contributed by atoms with Crippen molar-refractivity contribution in [3.63, 3.8) is 0 Å². The van der Waals surface area contributed by atoms with Crippen molar-refractivity contribution in [1.29, 1.82) is 0 Å². The highest BCUT2D eigenvalue weighted by atomic mass is 16.5. The summed E-state index contributed by atoms with van der Waals surface area (Å²) in [7, 11) is 0. The van der Waals surface area contributed by atoms with E-state index in [2.05, 4.69) is 10.4 Å². The van der Waals surface area contributed by atoms with Crippen LogP contribution in [-0.2, 0) is 17.8 Å². The quantitative estimate of drug-likeness (QED) is 0.684. The Kier molecular flexibility index (Phi) is 4.92. The molecule has 0 saturated carbocycles. The summed E-state index contributed by atoms with van der Waals surface area (Å²) in [5, 5.41) is 8.68. The van der Waals surface area contributed by atoms with Gasteiger partial charge in [0.25, 0.3) is 11.5 Å². The maximum absolute atomic E-state index is 13.3. The van der Waals surface area contributed by atoms with Gasteiger partial charge >= 0.3 is 0 Å². The summed E-state index contributed by atoms with van der Waals surface area (Å²) in [4.78, 5) is 40.2. The first kappa shape index (κ1) is 20.2. The summed E-state index contributed by atoms with van der Waals surface area (Å²) < 4.78 is 7.59. The van der Waals surface area contributed by atoms with Crippen LogP contribution in [0.4, 0.5) is 0 Å². The minimum Gasteiger partial charge on any atom is -0.465 e. The Labute approximate surface area is 184 Å². The topological polar surface area (TPSA) is 93.5 Å². The molecule has 1 N–H and O–H groups in total. The number of ether oxygens (including phenoxy) is 1. The number of likely N-dealkylation sites (tertiary alicyclic amines) is 1. The lowest BCUT2D eigenvalue weighted by Gasteiger charge is -2.45. The fourth-order valence-corrected chi connectivity index (χ4v) is 4.58. The first-order valence-corrected chi connectivity index (χ1v) is 10.9. The minimum absolute atomic E-state index is 0.0708. The fourth-order valence-electron chi connectivity index (χ4n) is 4.58. The van der Waals surface area contributed by atoms with Crippen LogP contribution in [0.25, 0.3) is 10.8 Å². The Bertz CT molecular complexity index is 1280. The molecule has 8 heteroatoms. The number of para-hydroxylation sites is 1. The number of piperidine rings is 1. The molecule has 164 valence electrons. The molecule has 5 rings (SSSR count). The van der Waals surface area contributed by atoms with Crippen LogP contribution in [0.1, 0.15) is 35.8 Å².